The fourth-order valence-corrected chi connectivity index (χ4v) is 5.44. The molecule has 0 aliphatic carbocycles. The van der Waals surface area contributed by atoms with E-state index >= 15 is 0 Å². The van der Waals surface area contributed by atoms with Crippen molar-refractivity contribution in [3.8, 4) is 0 Å². The topological polar surface area (TPSA) is 83.9 Å². The summed E-state index contributed by atoms with van der Waals surface area (Å²) in [6, 6.07) is 1.30. The quantitative estimate of drug-likeness (QED) is 0.887. The molecule has 1 aliphatic heterocycles. The predicted molar refractivity (Wildman–Crippen MR) is 75.1 cm³/mol. The maximum absolute atomic E-state index is 12.4. The van der Waals surface area contributed by atoms with Crippen molar-refractivity contribution in [3.05, 3.63) is 14.7 Å². The highest BCUT2D eigenvalue weighted by molar-refractivity contribution is 7.89. The van der Waals surface area contributed by atoms with Crippen LogP contribution >= 0.6 is 34.5 Å². The first-order valence-electron chi connectivity index (χ1n) is 5.59. The van der Waals surface area contributed by atoms with Crippen molar-refractivity contribution in [1.82, 2.24) is 4.31 Å². The number of ether oxygens (including phenoxy) is 1. The summed E-state index contributed by atoms with van der Waals surface area (Å²) in [5.41, 5.74) is 0. The number of thiophene rings is 1. The number of nitrogens with zero attached hydrogens (tertiary/aromatic N) is 1. The van der Waals surface area contributed by atoms with E-state index < -0.39 is 22.1 Å². The molecular formula is C10H11Cl2NO5S2. The number of carboxylic acid groups (broad SMARTS) is 1. The lowest BCUT2D eigenvalue weighted by Crippen LogP contribution is -2.46. The Labute approximate surface area is 129 Å². The molecule has 1 aliphatic rings. The zero-order chi connectivity index (χ0) is 14.9. The molecule has 1 fully saturated rings. The number of carbonyl (C=O) groups is 1. The van der Waals surface area contributed by atoms with Gasteiger partial charge in [-0.3, -0.25) is 4.79 Å². The van der Waals surface area contributed by atoms with E-state index in [1.807, 2.05) is 0 Å². The maximum atomic E-state index is 12.4. The smallest absolute Gasteiger partial charge is 0.306 e. The predicted octanol–water partition coefficient (Wildman–Crippen LogP) is 1.92. The molecule has 0 saturated carbocycles. The summed E-state index contributed by atoms with van der Waals surface area (Å²) in [6.07, 6.45) is -0.909. The van der Waals surface area contributed by atoms with Gasteiger partial charge in [0.05, 0.1) is 23.5 Å². The van der Waals surface area contributed by atoms with Gasteiger partial charge in [-0.25, -0.2) is 8.42 Å². The van der Waals surface area contributed by atoms with Crippen molar-refractivity contribution in [2.45, 2.75) is 17.4 Å². The van der Waals surface area contributed by atoms with Gasteiger partial charge in [-0.2, -0.15) is 4.31 Å². The number of rotatable bonds is 4. The minimum atomic E-state index is -3.79. The van der Waals surface area contributed by atoms with Gasteiger partial charge < -0.3 is 9.84 Å². The van der Waals surface area contributed by atoms with Gasteiger partial charge in [0.1, 0.15) is 9.23 Å². The van der Waals surface area contributed by atoms with Crippen LogP contribution < -0.4 is 0 Å². The van der Waals surface area contributed by atoms with Crippen LogP contribution in [-0.4, -0.2) is 49.6 Å². The third-order valence-electron chi connectivity index (χ3n) is 2.75. The fraction of sp³-hybridized carbons (Fsp3) is 0.500. The van der Waals surface area contributed by atoms with Crippen LogP contribution in [0, 0.1) is 0 Å². The molecule has 1 aromatic heterocycles. The van der Waals surface area contributed by atoms with Crippen LogP contribution in [0.2, 0.25) is 8.67 Å². The van der Waals surface area contributed by atoms with Crippen molar-refractivity contribution >= 4 is 50.5 Å². The lowest BCUT2D eigenvalue weighted by molar-refractivity contribution is -0.141. The van der Waals surface area contributed by atoms with Gasteiger partial charge in [-0.15, -0.1) is 11.3 Å². The second-order valence-corrected chi connectivity index (χ2v) is 8.33. The largest absolute Gasteiger partial charge is 0.481 e. The van der Waals surface area contributed by atoms with Crippen LogP contribution in [0.5, 0.6) is 0 Å². The molecule has 0 bridgehead atoms. The van der Waals surface area contributed by atoms with Crippen LogP contribution in [0.3, 0.4) is 0 Å². The minimum absolute atomic E-state index is 0.0154. The van der Waals surface area contributed by atoms with Gasteiger partial charge in [0, 0.05) is 13.1 Å². The highest BCUT2D eigenvalue weighted by Gasteiger charge is 2.33. The highest BCUT2D eigenvalue weighted by Crippen LogP contribution is 2.36. The molecule has 0 amide bonds. The number of halogens is 2. The Kier molecular flexibility index (Phi) is 4.93. The number of aliphatic carboxylic acids is 1. The fourth-order valence-electron chi connectivity index (χ4n) is 1.87. The monoisotopic (exact) mass is 359 g/mol. The summed E-state index contributed by atoms with van der Waals surface area (Å²) >= 11 is 12.6. The Morgan fingerprint density at radius 1 is 1.55 bits per heavy atom. The highest BCUT2D eigenvalue weighted by atomic mass is 35.5. The SMILES string of the molecule is O=C(O)CC1CN(S(=O)(=O)c2cc(Cl)sc2Cl)CCO1. The third-order valence-corrected chi connectivity index (χ3v) is 6.37. The van der Waals surface area contributed by atoms with E-state index in [2.05, 4.69) is 0 Å². The van der Waals surface area contributed by atoms with Crippen LogP contribution in [0.4, 0.5) is 0 Å². The van der Waals surface area contributed by atoms with Crippen molar-refractivity contribution in [3.63, 3.8) is 0 Å². The van der Waals surface area contributed by atoms with E-state index in [0.29, 0.717) is 0 Å². The summed E-state index contributed by atoms with van der Waals surface area (Å²) in [6.45, 7) is 0.285. The average Bonchev–Trinajstić information content (AvgIpc) is 2.68. The molecule has 0 spiro atoms. The Balaban J connectivity index is 2.21. The summed E-state index contributed by atoms with van der Waals surface area (Å²) in [5.74, 6) is -1.04. The van der Waals surface area contributed by atoms with Crippen LogP contribution in [0.15, 0.2) is 11.0 Å². The molecule has 112 valence electrons. The molecule has 2 rings (SSSR count). The van der Waals surface area contributed by atoms with E-state index in [-0.39, 0.29) is 39.7 Å². The molecular weight excluding hydrogens is 349 g/mol. The van der Waals surface area contributed by atoms with Crippen molar-refractivity contribution in [1.29, 1.82) is 0 Å². The van der Waals surface area contributed by atoms with Crippen molar-refractivity contribution in [2.75, 3.05) is 19.7 Å². The summed E-state index contributed by atoms with van der Waals surface area (Å²) < 4.78 is 31.7. The van der Waals surface area contributed by atoms with Gasteiger partial charge in [-0.1, -0.05) is 23.2 Å². The van der Waals surface area contributed by atoms with Gasteiger partial charge in [-0.05, 0) is 6.07 Å². The molecule has 1 aromatic rings. The normalized spacial score (nSPS) is 21.0. The van der Waals surface area contributed by atoms with E-state index in [1.165, 1.54) is 10.4 Å². The molecule has 10 heteroatoms. The molecule has 6 nitrogen and oxygen atoms in total. The Morgan fingerprint density at radius 2 is 2.25 bits per heavy atom. The lowest BCUT2D eigenvalue weighted by Gasteiger charge is -2.31. The Bertz CT molecular complexity index is 615. The lowest BCUT2D eigenvalue weighted by atomic mass is 10.2. The summed E-state index contributed by atoms with van der Waals surface area (Å²) in [5, 5.41) is 8.73. The molecule has 1 saturated heterocycles. The first-order valence-corrected chi connectivity index (χ1v) is 8.60. The second-order valence-electron chi connectivity index (χ2n) is 4.14. The zero-order valence-electron chi connectivity index (χ0n) is 10.1. The third kappa shape index (κ3) is 3.44. The molecule has 0 radical (unpaired) electrons. The van der Waals surface area contributed by atoms with E-state index in [0.717, 1.165) is 11.3 Å². The Morgan fingerprint density at radius 3 is 2.80 bits per heavy atom. The van der Waals surface area contributed by atoms with Gasteiger partial charge in [0.25, 0.3) is 0 Å². The number of hydrogen-bond acceptors (Lipinski definition) is 5. The second kappa shape index (κ2) is 6.17. The number of carboxylic acids is 1. The number of sulfonamides is 1. The maximum Gasteiger partial charge on any atom is 0.306 e. The molecule has 20 heavy (non-hydrogen) atoms. The summed E-state index contributed by atoms with van der Waals surface area (Å²) in [4.78, 5) is 10.6. The molecule has 2 heterocycles. The average molecular weight is 360 g/mol. The molecule has 0 aromatic carbocycles. The zero-order valence-corrected chi connectivity index (χ0v) is 13.2. The molecule has 1 unspecified atom stereocenters. The Hall–Kier alpha value is -0.380. The first-order chi connectivity index (χ1) is 9.30. The minimum Gasteiger partial charge on any atom is -0.481 e. The van der Waals surface area contributed by atoms with Crippen molar-refractivity contribution < 1.29 is 23.1 Å². The van der Waals surface area contributed by atoms with Crippen LogP contribution in [0.1, 0.15) is 6.42 Å². The van der Waals surface area contributed by atoms with Gasteiger partial charge in [0.2, 0.25) is 10.0 Å². The standard InChI is InChI=1S/C10H11Cl2NO5S2/c11-8-4-7(10(12)19-8)20(16,17)13-1-2-18-6(5-13)3-9(14)15/h4,6H,1-3,5H2,(H,14,15). The molecule has 1 atom stereocenters. The van der Waals surface area contributed by atoms with Gasteiger partial charge in [0.15, 0.2) is 0 Å². The first kappa shape index (κ1) is 16.0. The van der Waals surface area contributed by atoms with Crippen LogP contribution in [-0.2, 0) is 19.6 Å². The van der Waals surface area contributed by atoms with Gasteiger partial charge >= 0.3 is 5.97 Å². The molecule has 1 N–H and O–H groups in total. The van der Waals surface area contributed by atoms with Crippen molar-refractivity contribution in [2.24, 2.45) is 0 Å². The van der Waals surface area contributed by atoms with E-state index in [1.54, 1.807) is 0 Å². The summed E-state index contributed by atoms with van der Waals surface area (Å²) in [7, 11) is -3.79. The number of morpholine rings is 1. The van der Waals surface area contributed by atoms with E-state index in [4.69, 9.17) is 33.0 Å². The number of hydrogen-bond donors (Lipinski definition) is 1. The van der Waals surface area contributed by atoms with Crippen LogP contribution in [0.25, 0.3) is 0 Å². The van der Waals surface area contributed by atoms with E-state index in [9.17, 15) is 13.2 Å².